The predicted octanol–water partition coefficient (Wildman–Crippen LogP) is 0.850. The average Bonchev–Trinajstić information content (AvgIpc) is 2.56. The lowest BCUT2D eigenvalue weighted by molar-refractivity contribution is 0.940. The third-order valence-electron chi connectivity index (χ3n) is 1.50. The van der Waals surface area contributed by atoms with E-state index in [9.17, 15) is 0 Å². The standard InChI is InChI=1S/C8H8N4/c9-7-3-4-10-8(11-7)12-5-1-2-6-12/h1-6H,(H2,9,10,11). The molecule has 0 fully saturated rings. The number of hydrogen-bond acceptors (Lipinski definition) is 3. The van der Waals surface area contributed by atoms with Gasteiger partial charge in [-0.25, -0.2) is 4.98 Å². The van der Waals surface area contributed by atoms with Crippen molar-refractivity contribution in [3.05, 3.63) is 36.8 Å². The fourth-order valence-electron chi connectivity index (χ4n) is 0.954. The van der Waals surface area contributed by atoms with E-state index in [1.54, 1.807) is 16.8 Å². The molecule has 0 amide bonds. The van der Waals surface area contributed by atoms with Gasteiger partial charge in [0, 0.05) is 18.6 Å². The molecule has 0 aliphatic carbocycles. The molecule has 0 unspecified atom stereocenters. The van der Waals surface area contributed by atoms with E-state index in [1.807, 2.05) is 24.5 Å². The summed E-state index contributed by atoms with van der Waals surface area (Å²) < 4.78 is 1.80. The molecule has 0 radical (unpaired) electrons. The molecule has 2 aromatic rings. The van der Waals surface area contributed by atoms with Gasteiger partial charge in [0.15, 0.2) is 0 Å². The Morgan fingerprint density at radius 1 is 1.25 bits per heavy atom. The largest absolute Gasteiger partial charge is 0.384 e. The molecule has 0 aromatic carbocycles. The van der Waals surface area contributed by atoms with Crippen LogP contribution in [0.4, 0.5) is 5.82 Å². The van der Waals surface area contributed by atoms with Crippen LogP contribution in [-0.2, 0) is 0 Å². The normalized spacial score (nSPS) is 10.0. The van der Waals surface area contributed by atoms with Crippen molar-refractivity contribution in [1.82, 2.24) is 14.5 Å². The van der Waals surface area contributed by atoms with Gasteiger partial charge in [-0.05, 0) is 18.2 Å². The van der Waals surface area contributed by atoms with Crippen LogP contribution in [0.25, 0.3) is 5.95 Å². The zero-order valence-corrected chi connectivity index (χ0v) is 6.38. The fraction of sp³-hybridized carbons (Fsp3) is 0. The fourth-order valence-corrected chi connectivity index (χ4v) is 0.954. The second-order valence-electron chi connectivity index (χ2n) is 2.37. The van der Waals surface area contributed by atoms with E-state index in [4.69, 9.17) is 5.73 Å². The van der Waals surface area contributed by atoms with E-state index in [1.165, 1.54) is 0 Å². The molecule has 2 N–H and O–H groups in total. The summed E-state index contributed by atoms with van der Waals surface area (Å²) in [5.41, 5.74) is 5.50. The van der Waals surface area contributed by atoms with Gasteiger partial charge in [-0.1, -0.05) is 0 Å². The molecule has 60 valence electrons. The highest BCUT2D eigenvalue weighted by Gasteiger charge is 1.96. The maximum Gasteiger partial charge on any atom is 0.235 e. The lowest BCUT2D eigenvalue weighted by atomic mass is 10.6. The lowest BCUT2D eigenvalue weighted by Crippen LogP contribution is -2.00. The van der Waals surface area contributed by atoms with Crippen molar-refractivity contribution < 1.29 is 0 Å². The van der Waals surface area contributed by atoms with E-state index < -0.39 is 0 Å². The van der Waals surface area contributed by atoms with Crippen molar-refractivity contribution in [2.75, 3.05) is 5.73 Å². The van der Waals surface area contributed by atoms with E-state index in [2.05, 4.69) is 9.97 Å². The van der Waals surface area contributed by atoms with Crippen molar-refractivity contribution in [2.45, 2.75) is 0 Å². The van der Waals surface area contributed by atoms with Crippen LogP contribution in [0.2, 0.25) is 0 Å². The summed E-state index contributed by atoms with van der Waals surface area (Å²) in [6.45, 7) is 0. The van der Waals surface area contributed by atoms with Gasteiger partial charge in [0.1, 0.15) is 5.82 Å². The summed E-state index contributed by atoms with van der Waals surface area (Å²) in [6.07, 6.45) is 5.38. The van der Waals surface area contributed by atoms with Crippen molar-refractivity contribution in [2.24, 2.45) is 0 Å². The maximum atomic E-state index is 5.50. The minimum atomic E-state index is 0.480. The summed E-state index contributed by atoms with van der Waals surface area (Å²) in [5, 5.41) is 0. The highest BCUT2D eigenvalue weighted by Crippen LogP contribution is 2.02. The van der Waals surface area contributed by atoms with Crippen LogP contribution < -0.4 is 5.73 Å². The number of aromatic nitrogens is 3. The molecule has 0 aliphatic heterocycles. The number of hydrogen-bond donors (Lipinski definition) is 1. The third kappa shape index (κ3) is 1.14. The van der Waals surface area contributed by atoms with Crippen LogP contribution in [0.5, 0.6) is 0 Å². The van der Waals surface area contributed by atoms with Crippen LogP contribution >= 0.6 is 0 Å². The highest BCUT2D eigenvalue weighted by atomic mass is 15.1. The minimum Gasteiger partial charge on any atom is -0.384 e. The molecule has 0 aliphatic rings. The number of nitrogen functional groups attached to an aromatic ring is 1. The van der Waals surface area contributed by atoms with E-state index >= 15 is 0 Å². The molecule has 0 atom stereocenters. The molecule has 0 bridgehead atoms. The van der Waals surface area contributed by atoms with Gasteiger partial charge in [0.25, 0.3) is 0 Å². The topological polar surface area (TPSA) is 56.7 Å². The quantitative estimate of drug-likeness (QED) is 0.672. The molecular formula is C8H8N4. The van der Waals surface area contributed by atoms with E-state index in [0.717, 1.165) is 0 Å². The summed E-state index contributed by atoms with van der Waals surface area (Å²) in [5.74, 6) is 1.08. The maximum absolute atomic E-state index is 5.50. The molecule has 0 saturated heterocycles. The minimum absolute atomic E-state index is 0.480. The summed E-state index contributed by atoms with van der Waals surface area (Å²) in [6, 6.07) is 5.48. The SMILES string of the molecule is Nc1ccnc(-n2cccc2)n1. The number of nitrogens with two attached hydrogens (primary N) is 1. The Morgan fingerprint density at radius 2 is 2.00 bits per heavy atom. The Morgan fingerprint density at radius 3 is 2.67 bits per heavy atom. The smallest absolute Gasteiger partial charge is 0.235 e. The first-order valence-electron chi connectivity index (χ1n) is 3.58. The molecule has 2 rings (SSSR count). The number of rotatable bonds is 1. The van der Waals surface area contributed by atoms with Crippen LogP contribution in [0.1, 0.15) is 0 Å². The van der Waals surface area contributed by atoms with Crippen LogP contribution in [0.15, 0.2) is 36.8 Å². The van der Waals surface area contributed by atoms with Gasteiger partial charge in [-0.15, -0.1) is 0 Å². The first kappa shape index (κ1) is 6.84. The zero-order valence-electron chi connectivity index (χ0n) is 6.38. The van der Waals surface area contributed by atoms with Crippen molar-refractivity contribution in [3.63, 3.8) is 0 Å². The second-order valence-corrected chi connectivity index (χ2v) is 2.37. The monoisotopic (exact) mass is 160 g/mol. The lowest BCUT2D eigenvalue weighted by Gasteiger charge is -1.99. The van der Waals surface area contributed by atoms with Gasteiger partial charge in [0.05, 0.1) is 0 Å². The molecular weight excluding hydrogens is 152 g/mol. The van der Waals surface area contributed by atoms with Crippen LogP contribution in [0, 0.1) is 0 Å². The molecule has 2 heterocycles. The highest BCUT2D eigenvalue weighted by molar-refractivity contribution is 5.29. The Balaban J connectivity index is 2.48. The molecule has 0 saturated carbocycles. The molecule has 0 spiro atoms. The van der Waals surface area contributed by atoms with Gasteiger partial charge >= 0.3 is 0 Å². The first-order chi connectivity index (χ1) is 5.86. The van der Waals surface area contributed by atoms with Crippen LogP contribution in [-0.4, -0.2) is 14.5 Å². The van der Waals surface area contributed by atoms with E-state index in [0.29, 0.717) is 11.8 Å². The van der Waals surface area contributed by atoms with Crippen LogP contribution in [0.3, 0.4) is 0 Å². The Labute approximate surface area is 69.7 Å². The number of nitrogens with zero attached hydrogens (tertiary/aromatic N) is 3. The van der Waals surface area contributed by atoms with Gasteiger partial charge in [-0.2, -0.15) is 4.98 Å². The van der Waals surface area contributed by atoms with Gasteiger partial charge < -0.3 is 5.73 Å². The summed E-state index contributed by atoms with van der Waals surface area (Å²) in [4.78, 5) is 8.10. The zero-order chi connectivity index (χ0) is 8.39. The Kier molecular flexibility index (Phi) is 1.51. The van der Waals surface area contributed by atoms with Crippen molar-refractivity contribution >= 4 is 5.82 Å². The first-order valence-corrected chi connectivity index (χ1v) is 3.58. The Hall–Kier alpha value is -1.84. The predicted molar refractivity (Wildman–Crippen MR) is 45.8 cm³/mol. The van der Waals surface area contributed by atoms with E-state index in [-0.39, 0.29) is 0 Å². The van der Waals surface area contributed by atoms with Gasteiger partial charge in [-0.3, -0.25) is 4.57 Å². The molecule has 4 nitrogen and oxygen atoms in total. The molecule has 2 aromatic heterocycles. The van der Waals surface area contributed by atoms with Crippen molar-refractivity contribution in [1.29, 1.82) is 0 Å². The average molecular weight is 160 g/mol. The third-order valence-corrected chi connectivity index (χ3v) is 1.50. The Bertz CT molecular complexity index is 366. The summed E-state index contributed by atoms with van der Waals surface area (Å²) >= 11 is 0. The second kappa shape index (κ2) is 2.65. The summed E-state index contributed by atoms with van der Waals surface area (Å²) in [7, 11) is 0. The van der Waals surface area contributed by atoms with Gasteiger partial charge in [0.2, 0.25) is 5.95 Å². The molecule has 4 heteroatoms. The molecule has 12 heavy (non-hydrogen) atoms. The number of anilines is 1. The van der Waals surface area contributed by atoms with Crippen molar-refractivity contribution in [3.8, 4) is 5.95 Å².